The van der Waals surface area contributed by atoms with Crippen LogP contribution in [-0.2, 0) is 10.3 Å². The van der Waals surface area contributed by atoms with Crippen LogP contribution in [0.2, 0.25) is 0 Å². The van der Waals surface area contributed by atoms with E-state index in [4.69, 9.17) is 15.2 Å². The number of aromatic hydroxyl groups is 1. The van der Waals surface area contributed by atoms with E-state index in [-0.39, 0.29) is 18.4 Å². The average molecular weight is 359 g/mol. The number of rotatable bonds is 1. The van der Waals surface area contributed by atoms with Crippen LogP contribution in [0.15, 0.2) is 59.7 Å². The first-order chi connectivity index (χ1) is 13.0. The molecule has 1 unspecified atom stereocenters. The molecule has 5 rings (SSSR count). The number of fused-ring (bicyclic) bond motifs is 4. The highest BCUT2D eigenvalue weighted by Crippen LogP contribution is 2.51. The molecule has 2 aliphatic heterocycles. The Morgan fingerprint density at radius 2 is 1.85 bits per heavy atom. The number of phenols is 1. The molecule has 0 radical (unpaired) electrons. The maximum absolute atomic E-state index is 10.0. The van der Waals surface area contributed by atoms with Crippen LogP contribution >= 0.6 is 0 Å². The second-order valence-corrected chi connectivity index (χ2v) is 6.82. The Morgan fingerprint density at radius 3 is 2.59 bits per heavy atom. The van der Waals surface area contributed by atoms with Crippen molar-refractivity contribution >= 4 is 6.02 Å². The molecule has 0 saturated carbocycles. The number of aryl methyl sites for hydroxylation is 1. The molecule has 0 fully saturated rings. The monoisotopic (exact) mass is 359 g/mol. The van der Waals surface area contributed by atoms with Crippen molar-refractivity contribution < 1.29 is 14.6 Å². The largest absolute Gasteiger partial charge is 0.508 e. The fourth-order valence-corrected chi connectivity index (χ4v) is 3.62. The molecule has 3 aromatic rings. The van der Waals surface area contributed by atoms with Crippen LogP contribution < -0.4 is 10.5 Å². The molecule has 1 aromatic heterocycles. The molecular weight excluding hydrogens is 342 g/mol. The molecule has 2 aliphatic rings. The number of hydrogen-bond donors (Lipinski definition) is 2. The van der Waals surface area contributed by atoms with Gasteiger partial charge in [-0.25, -0.2) is 9.98 Å². The first kappa shape index (κ1) is 15.7. The second kappa shape index (κ2) is 5.48. The summed E-state index contributed by atoms with van der Waals surface area (Å²) in [4.78, 5) is 9.13. The van der Waals surface area contributed by atoms with Crippen LogP contribution in [0.3, 0.4) is 0 Å². The van der Waals surface area contributed by atoms with Crippen molar-refractivity contribution in [2.45, 2.75) is 12.5 Å². The van der Waals surface area contributed by atoms with E-state index in [0.717, 1.165) is 16.7 Å². The molecule has 0 amide bonds. The van der Waals surface area contributed by atoms with Gasteiger partial charge in [0.25, 0.3) is 6.02 Å². The van der Waals surface area contributed by atoms with Gasteiger partial charge < -0.3 is 20.3 Å². The van der Waals surface area contributed by atoms with Gasteiger partial charge in [-0.2, -0.15) is 0 Å². The number of pyridine rings is 1. The third-order valence-corrected chi connectivity index (χ3v) is 5.03. The molecule has 0 saturated heterocycles. The Kier molecular flexibility index (Phi) is 3.18. The van der Waals surface area contributed by atoms with E-state index in [1.165, 1.54) is 5.56 Å². The van der Waals surface area contributed by atoms with Crippen molar-refractivity contribution in [1.29, 1.82) is 0 Å². The Bertz CT molecular complexity index is 1090. The lowest BCUT2D eigenvalue weighted by molar-refractivity contribution is 0.262. The highest BCUT2D eigenvalue weighted by atomic mass is 16.5. The van der Waals surface area contributed by atoms with E-state index in [1.807, 2.05) is 6.07 Å². The zero-order valence-corrected chi connectivity index (χ0v) is 14.6. The second-order valence-electron chi connectivity index (χ2n) is 6.82. The Balaban J connectivity index is 1.73. The number of aliphatic imine (C=N–C) groups is 1. The molecule has 1 atom stereocenters. The van der Waals surface area contributed by atoms with Crippen LogP contribution in [0.25, 0.3) is 11.1 Å². The summed E-state index contributed by atoms with van der Waals surface area (Å²) in [6.07, 6.45) is 1.78. The summed E-state index contributed by atoms with van der Waals surface area (Å²) in [5.74, 6) is 1.17. The van der Waals surface area contributed by atoms with E-state index < -0.39 is 5.54 Å². The van der Waals surface area contributed by atoms with E-state index >= 15 is 0 Å². The smallest absolute Gasteiger partial charge is 0.283 e. The summed E-state index contributed by atoms with van der Waals surface area (Å²) in [5.41, 5.74) is 9.62. The van der Waals surface area contributed by atoms with Gasteiger partial charge in [-0.05, 0) is 36.8 Å². The number of aromatic nitrogens is 1. The zero-order chi connectivity index (χ0) is 18.6. The molecule has 6 heteroatoms. The minimum atomic E-state index is -0.889. The Labute approximate surface area is 155 Å². The van der Waals surface area contributed by atoms with Gasteiger partial charge in [0.05, 0.1) is 5.56 Å². The first-order valence-corrected chi connectivity index (χ1v) is 8.62. The van der Waals surface area contributed by atoms with Crippen molar-refractivity contribution in [2.75, 3.05) is 6.61 Å². The molecule has 0 aliphatic carbocycles. The lowest BCUT2D eigenvalue weighted by Gasteiger charge is -2.32. The number of nitrogens with zero attached hydrogens (tertiary/aromatic N) is 2. The van der Waals surface area contributed by atoms with Crippen LogP contribution in [0.5, 0.6) is 17.4 Å². The molecule has 1 spiro atoms. The lowest BCUT2D eigenvalue weighted by atomic mass is 9.81. The topological polar surface area (TPSA) is 90.0 Å². The number of ether oxygens (including phenoxy) is 2. The minimum absolute atomic E-state index is 0.109. The Hall–Kier alpha value is -3.54. The van der Waals surface area contributed by atoms with Crippen molar-refractivity contribution in [1.82, 2.24) is 4.98 Å². The summed E-state index contributed by atoms with van der Waals surface area (Å²) in [6, 6.07) is 15.3. The standard InChI is InChI=1S/C21H17N3O3/c1-12-2-4-13(5-3-12)14-8-17-19(23-10-14)27-18-7-6-15(25)9-16(18)21(17)11-26-20(22)24-21/h2-10,25H,11H2,1H3,(H2,22,24). The van der Waals surface area contributed by atoms with Gasteiger partial charge in [0.1, 0.15) is 18.1 Å². The molecule has 2 aromatic carbocycles. The van der Waals surface area contributed by atoms with Crippen molar-refractivity contribution in [3.05, 3.63) is 71.4 Å². The van der Waals surface area contributed by atoms with E-state index in [0.29, 0.717) is 17.2 Å². The van der Waals surface area contributed by atoms with Gasteiger partial charge in [0.15, 0.2) is 5.54 Å². The number of hydrogen-bond acceptors (Lipinski definition) is 6. The van der Waals surface area contributed by atoms with Crippen LogP contribution in [0, 0.1) is 6.92 Å². The van der Waals surface area contributed by atoms with Crippen LogP contribution in [0.1, 0.15) is 16.7 Å². The molecule has 6 nitrogen and oxygen atoms in total. The van der Waals surface area contributed by atoms with Crippen LogP contribution in [-0.4, -0.2) is 22.7 Å². The van der Waals surface area contributed by atoms with Crippen molar-refractivity contribution in [2.24, 2.45) is 10.7 Å². The third kappa shape index (κ3) is 2.33. The maximum Gasteiger partial charge on any atom is 0.283 e. The van der Waals surface area contributed by atoms with Gasteiger partial charge in [-0.1, -0.05) is 29.8 Å². The van der Waals surface area contributed by atoms with Crippen LogP contribution in [0.4, 0.5) is 0 Å². The molecule has 134 valence electrons. The number of phenolic OH excluding ortho intramolecular Hbond substituents is 1. The predicted molar refractivity (Wildman–Crippen MR) is 101 cm³/mol. The lowest BCUT2D eigenvalue weighted by Crippen LogP contribution is -2.31. The molecule has 3 N–H and O–H groups in total. The summed E-state index contributed by atoms with van der Waals surface area (Å²) >= 11 is 0. The zero-order valence-electron chi connectivity index (χ0n) is 14.6. The predicted octanol–water partition coefficient (Wildman–Crippen LogP) is 3.46. The molecule has 0 bridgehead atoms. The summed E-state index contributed by atoms with van der Waals surface area (Å²) in [7, 11) is 0. The average Bonchev–Trinajstić information content (AvgIpc) is 3.06. The fraction of sp³-hybridized carbons (Fsp3) is 0.143. The molecule has 3 heterocycles. The number of benzene rings is 2. The first-order valence-electron chi connectivity index (χ1n) is 8.62. The maximum atomic E-state index is 10.0. The Morgan fingerprint density at radius 1 is 1.04 bits per heavy atom. The van der Waals surface area contributed by atoms with Crippen molar-refractivity contribution in [3.8, 4) is 28.5 Å². The highest BCUT2D eigenvalue weighted by molar-refractivity contribution is 5.77. The highest BCUT2D eigenvalue weighted by Gasteiger charge is 2.47. The van der Waals surface area contributed by atoms with Crippen molar-refractivity contribution in [3.63, 3.8) is 0 Å². The summed E-state index contributed by atoms with van der Waals surface area (Å²) < 4.78 is 11.5. The minimum Gasteiger partial charge on any atom is -0.508 e. The third-order valence-electron chi connectivity index (χ3n) is 5.03. The normalized spacial score (nSPS) is 19.7. The molecule has 27 heavy (non-hydrogen) atoms. The SMILES string of the molecule is Cc1ccc(-c2cnc3c(c2)C2(COC(N)=N2)c2cc(O)ccc2O3)cc1. The molecular formula is C21H17N3O3. The summed E-state index contributed by atoms with van der Waals surface area (Å²) in [6.45, 7) is 2.28. The number of nitrogens with two attached hydrogens (primary N) is 1. The van der Waals surface area contributed by atoms with Gasteiger partial charge in [0, 0.05) is 17.3 Å². The fourth-order valence-electron chi connectivity index (χ4n) is 3.62. The van der Waals surface area contributed by atoms with Gasteiger partial charge in [-0.3, -0.25) is 0 Å². The van der Waals surface area contributed by atoms with E-state index in [2.05, 4.69) is 41.2 Å². The van der Waals surface area contributed by atoms with Gasteiger partial charge in [0.2, 0.25) is 5.88 Å². The van der Waals surface area contributed by atoms with Gasteiger partial charge >= 0.3 is 0 Å². The quantitative estimate of drug-likeness (QED) is 0.694. The number of amidine groups is 1. The van der Waals surface area contributed by atoms with E-state index in [1.54, 1.807) is 24.4 Å². The summed E-state index contributed by atoms with van der Waals surface area (Å²) in [5, 5.41) is 10.0. The van der Waals surface area contributed by atoms with Gasteiger partial charge in [-0.15, -0.1) is 0 Å². The van der Waals surface area contributed by atoms with E-state index in [9.17, 15) is 5.11 Å².